The number of likely N-dealkylation sites (tertiary alicyclic amines) is 1. The Balaban J connectivity index is 1.52. The van der Waals surface area contributed by atoms with Crippen LogP contribution in [0.15, 0.2) is 42.7 Å². The number of carbonyl (C=O) groups is 1. The zero-order valence-electron chi connectivity index (χ0n) is 14.4. The predicted molar refractivity (Wildman–Crippen MR) is 93.6 cm³/mol. The molecule has 1 aliphatic rings. The monoisotopic (exact) mass is 341 g/mol. The Kier molecular flexibility index (Phi) is 5.82. The molecule has 25 heavy (non-hydrogen) atoms. The first-order chi connectivity index (χ1) is 12.2. The third kappa shape index (κ3) is 4.92. The van der Waals surface area contributed by atoms with Crippen molar-refractivity contribution in [3.05, 3.63) is 48.3 Å². The molecule has 0 saturated carbocycles. The molecule has 1 saturated heterocycles. The molecule has 0 unspecified atom stereocenters. The highest BCUT2D eigenvalue weighted by molar-refractivity contribution is 5.76. The van der Waals surface area contributed by atoms with Gasteiger partial charge in [-0.2, -0.15) is 4.98 Å². The van der Waals surface area contributed by atoms with Crippen LogP contribution < -0.4 is 9.47 Å². The summed E-state index contributed by atoms with van der Waals surface area (Å²) >= 11 is 0. The van der Waals surface area contributed by atoms with E-state index in [1.54, 1.807) is 13.3 Å². The average molecular weight is 341 g/mol. The second kappa shape index (κ2) is 8.46. The Morgan fingerprint density at radius 3 is 2.84 bits per heavy atom. The summed E-state index contributed by atoms with van der Waals surface area (Å²) in [5.74, 6) is 1.03. The summed E-state index contributed by atoms with van der Waals surface area (Å²) in [4.78, 5) is 22.7. The first kappa shape index (κ1) is 17.2. The van der Waals surface area contributed by atoms with E-state index in [1.807, 2.05) is 23.1 Å². The van der Waals surface area contributed by atoms with E-state index in [4.69, 9.17) is 9.47 Å². The summed E-state index contributed by atoms with van der Waals surface area (Å²) in [6.45, 7) is 1.38. The highest BCUT2D eigenvalue weighted by Crippen LogP contribution is 2.19. The molecule has 2 aromatic rings. The molecule has 1 aromatic heterocycles. The molecule has 0 bridgehead atoms. The van der Waals surface area contributed by atoms with E-state index in [2.05, 4.69) is 22.1 Å². The Hall–Kier alpha value is -2.63. The molecule has 0 N–H and O–H groups in total. The summed E-state index contributed by atoms with van der Waals surface area (Å²) in [6.07, 6.45) is 6.17. The van der Waals surface area contributed by atoms with Crippen molar-refractivity contribution in [2.45, 2.75) is 31.8 Å². The molecule has 0 spiro atoms. The molecule has 132 valence electrons. The van der Waals surface area contributed by atoms with Gasteiger partial charge in [0.1, 0.15) is 6.10 Å². The Labute approximate surface area is 147 Å². The zero-order chi connectivity index (χ0) is 17.5. The lowest BCUT2D eigenvalue weighted by atomic mass is 10.1. The minimum atomic E-state index is -0.0594. The molecule has 0 radical (unpaired) electrons. The number of amides is 1. The van der Waals surface area contributed by atoms with Crippen molar-refractivity contribution in [1.82, 2.24) is 14.9 Å². The third-order valence-electron chi connectivity index (χ3n) is 4.29. The zero-order valence-corrected chi connectivity index (χ0v) is 14.4. The van der Waals surface area contributed by atoms with E-state index in [0.29, 0.717) is 24.7 Å². The minimum absolute atomic E-state index is 0.0594. The van der Waals surface area contributed by atoms with E-state index in [0.717, 1.165) is 25.8 Å². The molecule has 1 amide bonds. The van der Waals surface area contributed by atoms with Crippen molar-refractivity contribution in [1.29, 1.82) is 0 Å². The fraction of sp³-hybridized carbons (Fsp3) is 0.421. The maximum atomic E-state index is 12.5. The number of nitrogens with zero attached hydrogens (tertiary/aromatic N) is 3. The lowest BCUT2D eigenvalue weighted by Crippen LogP contribution is -2.44. The molecule has 1 aliphatic heterocycles. The van der Waals surface area contributed by atoms with Crippen molar-refractivity contribution in [2.75, 3.05) is 20.2 Å². The fourth-order valence-corrected chi connectivity index (χ4v) is 2.97. The summed E-state index contributed by atoms with van der Waals surface area (Å²) < 4.78 is 11.0. The minimum Gasteiger partial charge on any atom is -0.480 e. The van der Waals surface area contributed by atoms with Gasteiger partial charge in [-0.3, -0.25) is 9.78 Å². The Morgan fingerprint density at radius 2 is 2.04 bits per heavy atom. The van der Waals surface area contributed by atoms with E-state index in [1.165, 1.54) is 11.8 Å². The molecule has 6 heteroatoms. The summed E-state index contributed by atoms with van der Waals surface area (Å²) in [5.41, 5.74) is 1.19. The summed E-state index contributed by atoms with van der Waals surface area (Å²) in [6, 6.07) is 10.1. The predicted octanol–water partition coefficient (Wildman–Crippen LogP) is 2.49. The second-order valence-corrected chi connectivity index (χ2v) is 6.11. The second-order valence-electron chi connectivity index (χ2n) is 6.11. The van der Waals surface area contributed by atoms with E-state index >= 15 is 0 Å². The normalized spacial score (nSPS) is 17.2. The van der Waals surface area contributed by atoms with Crippen LogP contribution >= 0.6 is 0 Å². The Morgan fingerprint density at radius 1 is 1.24 bits per heavy atom. The van der Waals surface area contributed by atoms with Crippen molar-refractivity contribution >= 4 is 5.91 Å². The topological polar surface area (TPSA) is 64.6 Å². The smallest absolute Gasteiger partial charge is 0.235 e. The third-order valence-corrected chi connectivity index (χ3v) is 4.29. The summed E-state index contributed by atoms with van der Waals surface area (Å²) in [5, 5.41) is 0. The van der Waals surface area contributed by atoms with E-state index < -0.39 is 0 Å². The molecular weight excluding hydrogens is 318 g/mol. The highest BCUT2D eigenvalue weighted by Gasteiger charge is 2.25. The van der Waals surface area contributed by atoms with Gasteiger partial charge in [0.2, 0.25) is 17.7 Å². The van der Waals surface area contributed by atoms with Crippen LogP contribution in [0, 0.1) is 0 Å². The SMILES string of the molecule is COc1cncc(O[C@H]2CCCN(C(=O)CCc3ccccc3)C2)n1. The van der Waals surface area contributed by atoms with Crippen LogP contribution in [0.5, 0.6) is 11.8 Å². The number of ether oxygens (including phenoxy) is 2. The van der Waals surface area contributed by atoms with Gasteiger partial charge < -0.3 is 14.4 Å². The summed E-state index contributed by atoms with van der Waals surface area (Å²) in [7, 11) is 1.54. The standard InChI is InChI=1S/C19H23N3O3/c1-24-17-12-20-13-18(21-17)25-16-8-5-11-22(14-16)19(23)10-9-15-6-3-2-4-7-15/h2-4,6-7,12-13,16H,5,8-11,14H2,1H3/t16-/m0/s1. The lowest BCUT2D eigenvalue weighted by Gasteiger charge is -2.32. The quantitative estimate of drug-likeness (QED) is 0.808. The number of rotatable bonds is 6. The van der Waals surface area contributed by atoms with Gasteiger partial charge in [-0.25, -0.2) is 0 Å². The van der Waals surface area contributed by atoms with Gasteiger partial charge in [-0.05, 0) is 24.8 Å². The van der Waals surface area contributed by atoms with Gasteiger partial charge in [0, 0.05) is 13.0 Å². The molecule has 1 atom stereocenters. The maximum Gasteiger partial charge on any atom is 0.235 e. The van der Waals surface area contributed by atoms with Gasteiger partial charge in [0.25, 0.3) is 0 Å². The lowest BCUT2D eigenvalue weighted by molar-refractivity contribution is -0.133. The largest absolute Gasteiger partial charge is 0.480 e. The number of hydrogen-bond donors (Lipinski definition) is 0. The Bertz CT molecular complexity index is 693. The number of piperidine rings is 1. The molecule has 1 aromatic carbocycles. The average Bonchev–Trinajstić information content (AvgIpc) is 2.67. The molecule has 0 aliphatic carbocycles. The van der Waals surface area contributed by atoms with Gasteiger partial charge in [0.05, 0.1) is 26.0 Å². The number of hydrogen-bond acceptors (Lipinski definition) is 5. The van der Waals surface area contributed by atoms with Crippen molar-refractivity contribution in [2.24, 2.45) is 0 Å². The first-order valence-electron chi connectivity index (χ1n) is 8.59. The van der Waals surface area contributed by atoms with Crippen LogP contribution in [0.25, 0.3) is 0 Å². The van der Waals surface area contributed by atoms with Crippen LogP contribution in [-0.2, 0) is 11.2 Å². The van der Waals surface area contributed by atoms with Gasteiger partial charge in [-0.1, -0.05) is 30.3 Å². The molecular formula is C19H23N3O3. The van der Waals surface area contributed by atoms with Crippen molar-refractivity contribution in [3.8, 4) is 11.8 Å². The van der Waals surface area contributed by atoms with Crippen LogP contribution in [0.1, 0.15) is 24.8 Å². The highest BCUT2D eigenvalue weighted by atomic mass is 16.5. The molecule has 1 fully saturated rings. The van der Waals surface area contributed by atoms with Crippen molar-refractivity contribution < 1.29 is 14.3 Å². The van der Waals surface area contributed by atoms with Crippen LogP contribution in [0.4, 0.5) is 0 Å². The number of aromatic nitrogens is 2. The van der Waals surface area contributed by atoms with Gasteiger partial charge in [-0.15, -0.1) is 0 Å². The number of carbonyl (C=O) groups excluding carboxylic acids is 1. The van der Waals surface area contributed by atoms with Gasteiger partial charge >= 0.3 is 0 Å². The molecule has 6 nitrogen and oxygen atoms in total. The fourth-order valence-electron chi connectivity index (χ4n) is 2.97. The van der Waals surface area contributed by atoms with Crippen LogP contribution in [0.3, 0.4) is 0 Å². The van der Waals surface area contributed by atoms with E-state index in [-0.39, 0.29) is 12.0 Å². The number of methoxy groups -OCH3 is 1. The molecule has 3 rings (SSSR count). The maximum absolute atomic E-state index is 12.5. The van der Waals surface area contributed by atoms with Gasteiger partial charge in [0.15, 0.2) is 0 Å². The van der Waals surface area contributed by atoms with Crippen LogP contribution in [-0.4, -0.2) is 47.1 Å². The number of aryl methyl sites for hydroxylation is 1. The molecule has 2 heterocycles. The van der Waals surface area contributed by atoms with E-state index in [9.17, 15) is 4.79 Å². The van der Waals surface area contributed by atoms with Crippen molar-refractivity contribution in [3.63, 3.8) is 0 Å². The van der Waals surface area contributed by atoms with Crippen LogP contribution in [0.2, 0.25) is 0 Å². The number of benzene rings is 1. The first-order valence-corrected chi connectivity index (χ1v) is 8.59.